The molecule has 0 aromatic heterocycles. The first-order valence-corrected chi connectivity index (χ1v) is 9.06. The number of nitrogens with two attached hydrogens (primary N) is 1. The highest BCUT2D eigenvalue weighted by molar-refractivity contribution is 7.90. The van der Waals surface area contributed by atoms with Crippen molar-refractivity contribution in [1.29, 1.82) is 0 Å². The summed E-state index contributed by atoms with van der Waals surface area (Å²) in [5.74, 6) is 0. The first-order chi connectivity index (χ1) is 10.0. The van der Waals surface area contributed by atoms with Crippen LogP contribution in [0.15, 0.2) is 18.2 Å². The van der Waals surface area contributed by atoms with E-state index in [2.05, 4.69) is 0 Å². The molecule has 2 N–H and O–H groups in total. The van der Waals surface area contributed by atoms with Gasteiger partial charge in [0.15, 0.2) is 0 Å². The molecule has 118 valence electrons. The molecule has 6 heteroatoms. The second kappa shape index (κ2) is 6.66. The minimum Gasteiger partial charge on any atom is -0.399 e. The van der Waals surface area contributed by atoms with Crippen LogP contribution < -0.4 is 10.0 Å². The normalized spacial score (nSPS) is 15.3. The van der Waals surface area contributed by atoms with Crippen molar-refractivity contribution in [1.82, 2.24) is 4.31 Å². The Kier molecular flexibility index (Phi) is 5.11. The van der Waals surface area contributed by atoms with E-state index in [0.29, 0.717) is 25.3 Å². The minimum absolute atomic E-state index is 0.545. The molecule has 21 heavy (non-hydrogen) atoms. The molecule has 0 aliphatic carbocycles. The molecule has 0 saturated heterocycles. The van der Waals surface area contributed by atoms with Gasteiger partial charge in [0, 0.05) is 25.3 Å². The van der Waals surface area contributed by atoms with Gasteiger partial charge in [-0.2, -0.15) is 12.7 Å². The highest BCUT2D eigenvalue weighted by Crippen LogP contribution is 2.32. The number of aryl methyl sites for hydroxylation is 1. The lowest BCUT2D eigenvalue weighted by molar-refractivity contribution is 0.406. The summed E-state index contributed by atoms with van der Waals surface area (Å²) in [5, 5.41) is 0. The molecule has 0 unspecified atom stereocenters. The predicted molar refractivity (Wildman–Crippen MR) is 87.6 cm³/mol. The van der Waals surface area contributed by atoms with Crippen LogP contribution in [0.1, 0.15) is 38.7 Å². The van der Waals surface area contributed by atoms with Crippen LogP contribution in [0.3, 0.4) is 0 Å². The highest BCUT2D eigenvalue weighted by Gasteiger charge is 2.32. The van der Waals surface area contributed by atoms with Gasteiger partial charge < -0.3 is 5.73 Å². The van der Waals surface area contributed by atoms with E-state index in [9.17, 15) is 8.42 Å². The van der Waals surface area contributed by atoms with E-state index in [-0.39, 0.29) is 0 Å². The van der Waals surface area contributed by atoms with Crippen LogP contribution in [0.5, 0.6) is 0 Å². The van der Waals surface area contributed by atoms with Crippen LogP contribution in [0.25, 0.3) is 0 Å². The van der Waals surface area contributed by atoms with Gasteiger partial charge in [0.2, 0.25) is 0 Å². The molecule has 1 aliphatic rings. The maximum absolute atomic E-state index is 12.9. The van der Waals surface area contributed by atoms with Gasteiger partial charge in [-0.1, -0.05) is 13.8 Å². The van der Waals surface area contributed by atoms with E-state index in [1.165, 1.54) is 0 Å². The molecular formula is C15H25N3O2S. The summed E-state index contributed by atoms with van der Waals surface area (Å²) in [6.07, 6.45) is 3.36. The van der Waals surface area contributed by atoms with Gasteiger partial charge in [0.1, 0.15) is 0 Å². The van der Waals surface area contributed by atoms with E-state index in [1.54, 1.807) is 14.7 Å². The van der Waals surface area contributed by atoms with E-state index in [4.69, 9.17) is 5.73 Å². The Labute approximate surface area is 127 Å². The number of hydrogen-bond donors (Lipinski definition) is 1. The van der Waals surface area contributed by atoms with Crippen molar-refractivity contribution >= 4 is 21.6 Å². The van der Waals surface area contributed by atoms with Gasteiger partial charge in [0.05, 0.1) is 5.69 Å². The summed E-state index contributed by atoms with van der Waals surface area (Å²) in [4.78, 5) is 0. The lowest BCUT2D eigenvalue weighted by Crippen LogP contribution is -2.46. The Hall–Kier alpha value is -1.27. The van der Waals surface area contributed by atoms with Crippen molar-refractivity contribution in [3.05, 3.63) is 23.8 Å². The van der Waals surface area contributed by atoms with Crippen molar-refractivity contribution in [2.24, 2.45) is 0 Å². The first-order valence-electron chi connectivity index (χ1n) is 7.67. The van der Waals surface area contributed by atoms with Gasteiger partial charge in [-0.05, 0) is 49.4 Å². The Morgan fingerprint density at radius 3 is 2.52 bits per heavy atom. The van der Waals surface area contributed by atoms with E-state index < -0.39 is 10.2 Å². The van der Waals surface area contributed by atoms with Gasteiger partial charge in [-0.15, -0.1) is 0 Å². The second-order valence-electron chi connectivity index (χ2n) is 5.47. The third-order valence-corrected chi connectivity index (χ3v) is 5.68. The SMILES string of the molecule is CCCN(CCC)S(=O)(=O)N1CCCc2cc(N)ccc21. The number of nitrogen functional groups attached to an aromatic ring is 1. The van der Waals surface area contributed by atoms with Crippen LogP contribution >= 0.6 is 0 Å². The zero-order chi connectivity index (χ0) is 15.5. The quantitative estimate of drug-likeness (QED) is 0.820. The van der Waals surface area contributed by atoms with Crippen LogP contribution in [0.4, 0.5) is 11.4 Å². The molecule has 1 aliphatic heterocycles. The molecule has 0 radical (unpaired) electrons. The van der Waals surface area contributed by atoms with Crippen molar-refractivity contribution in [3.8, 4) is 0 Å². The van der Waals surface area contributed by atoms with Crippen LogP contribution in [0.2, 0.25) is 0 Å². The van der Waals surface area contributed by atoms with E-state index >= 15 is 0 Å². The monoisotopic (exact) mass is 311 g/mol. The average Bonchev–Trinajstić information content (AvgIpc) is 2.46. The molecule has 0 saturated carbocycles. The fourth-order valence-corrected chi connectivity index (χ4v) is 4.69. The maximum atomic E-state index is 12.9. The standard InChI is InChI=1S/C15H25N3O2S/c1-3-9-17(10-4-2)21(19,20)18-11-5-6-13-12-14(16)7-8-15(13)18/h7-8,12H,3-6,9-11,16H2,1-2H3. The lowest BCUT2D eigenvalue weighted by atomic mass is 10.0. The first kappa shape index (κ1) is 16.1. The molecule has 1 heterocycles. The number of hydrogen-bond acceptors (Lipinski definition) is 3. The van der Waals surface area contributed by atoms with Gasteiger partial charge in [-0.3, -0.25) is 4.31 Å². The summed E-state index contributed by atoms with van der Waals surface area (Å²) >= 11 is 0. The largest absolute Gasteiger partial charge is 0.399 e. The number of nitrogens with zero attached hydrogens (tertiary/aromatic N) is 2. The molecule has 5 nitrogen and oxygen atoms in total. The summed E-state index contributed by atoms with van der Waals surface area (Å²) in [6, 6.07) is 5.50. The molecule has 0 atom stereocenters. The molecule has 1 aromatic rings. The van der Waals surface area contributed by atoms with Crippen molar-refractivity contribution in [2.75, 3.05) is 29.7 Å². The Bertz CT molecular complexity index is 581. The molecule has 0 amide bonds. The van der Waals surface area contributed by atoms with Gasteiger partial charge in [0.25, 0.3) is 0 Å². The molecule has 0 spiro atoms. The lowest BCUT2D eigenvalue weighted by Gasteiger charge is -2.35. The zero-order valence-electron chi connectivity index (χ0n) is 12.9. The fourth-order valence-electron chi connectivity index (χ4n) is 2.80. The van der Waals surface area contributed by atoms with Crippen LogP contribution in [-0.2, 0) is 16.6 Å². The Morgan fingerprint density at radius 1 is 1.24 bits per heavy atom. The zero-order valence-corrected chi connectivity index (χ0v) is 13.7. The number of benzene rings is 1. The van der Waals surface area contributed by atoms with E-state index in [1.807, 2.05) is 26.0 Å². The third-order valence-electron chi connectivity index (χ3n) is 3.73. The van der Waals surface area contributed by atoms with Gasteiger partial charge in [-0.25, -0.2) is 0 Å². The van der Waals surface area contributed by atoms with Crippen LogP contribution in [-0.4, -0.2) is 32.4 Å². The summed E-state index contributed by atoms with van der Waals surface area (Å²) in [6.45, 7) is 5.68. The smallest absolute Gasteiger partial charge is 0.304 e. The van der Waals surface area contributed by atoms with Crippen molar-refractivity contribution in [2.45, 2.75) is 39.5 Å². The minimum atomic E-state index is -3.45. The van der Waals surface area contributed by atoms with E-state index in [0.717, 1.165) is 36.9 Å². The summed E-state index contributed by atoms with van der Waals surface area (Å²) < 4.78 is 29.0. The van der Waals surface area contributed by atoms with Crippen molar-refractivity contribution in [3.63, 3.8) is 0 Å². The number of anilines is 2. The Balaban J connectivity index is 2.37. The number of rotatable bonds is 6. The topological polar surface area (TPSA) is 66.6 Å². The fraction of sp³-hybridized carbons (Fsp3) is 0.600. The number of fused-ring (bicyclic) bond motifs is 1. The summed E-state index contributed by atoms with van der Waals surface area (Å²) in [7, 11) is -3.45. The highest BCUT2D eigenvalue weighted by atomic mass is 32.2. The van der Waals surface area contributed by atoms with Crippen molar-refractivity contribution < 1.29 is 8.42 Å². The molecule has 1 aromatic carbocycles. The second-order valence-corrected chi connectivity index (χ2v) is 7.32. The molecule has 0 fully saturated rings. The van der Waals surface area contributed by atoms with Gasteiger partial charge >= 0.3 is 10.2 Å². The molecular weight excluding hydrogens is 286 g/mol. The molecule has 0 bridgehead atoms. The average molecular weight is 311 g/mol. The predicted octanol–water partition coefficient (Wildman–Crippen LogP) is 2.39. The Morgan fingerprint density at radius 2 is 1.90 bits per heavy atom. The maximum Gasteiger partial charge on any atom is 0.304 e. The third kappa shape index (κ3) is 3.32. The molecule has 2 rings (SSSR count). The summed E-state index contributed by atoms with van der Waals surface area (Å²) in [5.41, 5.74) is 8.31. The van der Waals surface area contributed by atoms with Crippen LogP contribution in [0, 0.1) is 0 Å².